The number of benzene rings is 1. The number of hydrogen-bond acceptors (Lipinski definition) is 4. The summed E-state index contributed by atoms with van der Waals surface area (Å²) in [6, 6.07) is 9.24. The third-order valence-corrected chi connectivity index (χ3v) is 4.40. The van der Waals surface area contributed by atoms with Gasteiger partial charge in [0.05, 0.1) is 5.69 Å². The number of hydrogen-bond donors (Lipinski definition) is 1. The maximum absolute atomic E-state index is 12.6. The molecule has 3 rings (SSSR count). The van der Waals surface area contributed by atoms with E-state index in [0.29, 0.717) is 10.7 Å². The zero-order chi connectivity index (χ0) is 16.6. The summed E-state index contributed by atoms with van der Waals surface area (Å²) in [6.07, 6.45) is 1.49. The second-order valence-electron chi connectivity index (χ2n) is 4.89. The molecule has 0 atom stereocenters. The van der Waals surface area contributed by atoms with Crippen molar-refractivity contribution in [3.8, 4) is 0 Å². The number of imide groups is 2. The quantitative estimate of drug-likeness (QED) is 0.669. The normalized spacial score (nSPS) is 16.9. The van der Waals surface area contributed by atoms with Crippen molar-refractivity contribution in [2.75, 3.05) is 4.90 Å². The van der Waals surface area contributed by atoms with Gasteiger partial charge in [-0.15, -0.1) is 11.3 Å². The molecule has 2 aromatic rings. The maximum atomic E-state index is 12.6. The van der Waals surface area contributed by atoms with Gasteiger partial charge in [-0.3, -0.25) is 14.9 Å². The van der Waals surface area contributed by atoms with Gasteiger partial charge in [-0.1, -0.05) is 17.7 Å². The fraction of sp³-hybridized carbons (Fsp3) is 0.0625. The minimum absolute atomic E-state index is 0.0913. The van der Waals surface area contributed by atoms with Gasteiger partial charge in [0.2, 0.25) is 0 Å². The molecule has 116 valence electrons. The molecule has 1 saturated heterocycles. The number of carbonyl (C=O) groups excluding carboxylic acids is 3. The molecule has 0 spiro atoms. The molecule has 0 saturated carbocycles. The fourth-order valence-electron chi connectivity index (χ4n) is 2.18. The van der Waals surface area contributed by atoms with Crippen molar-refractivity contribution in [3.63, 3.8) is 0 Å². The maximum Gasteiger partial charge on any atom is 0.335 e. The van der Waals surface area contributed by atoms with Crippen LogP contribution in [-0.4, -0.2) is 17.8 Å². The number of halogens is 1. The molecule has 7 heteroatoms. The van der Waals surface area contributed by atoms with Gasteiger partial charge in [0.15, 0.2) is 0 Å². The van der Waals surface area contributed by atoms with Crippen LogP contribution < -0.4 is 10.2 Å². The van der Waals surface area contributed by atoms with E-state index in [1.54, 1.807) is 18.2 Å². The molecule has 0 bridgehead atoms. The van der Waals surface area contributed by atoms with E-state index in [-0.39, 0.29) is 5.57 Å². The number of urea groups is 1. The van der Waals surface area contributed by atoms with E-state index in [2.05, 4.69) is 5.32 Å². The zero-order valence-electron chi connectivity index (χ0n) is 12.0. The van der Waals surface area contributed by atoms with Crippen LogP contribution in [0.3, 0.4) is 0 Å². The van der Waals surface area contributed by atoms with Crippen LogP contribution >= 0.6 is 22.9 Å². The summed E-state index contributed by atoms with van der Waals surface area (Å²) in [4.78, 5) is 39.4. The summed E-state index contributed by atoms with van der Waals surface area (Å²) < 4.78 is 0. The van der Waals surface area contributed by atoms with Crippen LogP contribution in [0.5, 0.6) is 0 Å². The Bertz CT molecular complexity index is 857. The van der Waals surface area contributed by atoms with Gasteiger partial charge in [-0.2, -0.15) is 0 Å². The Labute approximate surface area is 141 Å². The number of barbiturate groups is 1. The van der Waals surface area contributed by atoms with E-state index in [1.807, 2.05) is 19.1 Å². The van der Waals surface area contributed by atoms with Crippen LogP contribution in [0.25, 0.3) is 6.08 Å². The Hall–Kier alpha value is -2.44. The highest BCUT2D eigenvalue weighted by Crippen LogP contribution is 2.25. The van der Waals surface area contributed by atoms with Crippen molar-refractivity contribution in [2.45, 2.75) is 6.92 Å². The summed E-state index contributed by atoms with van der Waals surface area (Å²) >= 11 is 7.36. The van der Waals surface area contributed by atoms with Crippen LogP contribution in [0.2, 0.25) is 5.02 Å². The van der Waals surface area contributed by atoms with E-state index in [4.69, 9.17) is 11.6 Å². The number of anilines is 1. The van der Waals surface area contributed by atoms with Gasteiger partial charge >= 0.3 is 6.03 Å². The molecule has 1 aliphatic heterocycles. The molecule has 0 radical (unpaired) electrons. The topological polar surface area (TPSA) is 66.5 Å². The SMILES string of the molecule is Cc1ccc(C=C2C(=O)NC(=O)N(c3cccc(Cl)c3)C2=O)s1. The van der Waals surface area contributed by atoms with Crippen molar-refractivity contribution in [3.05, 3.63) is 56.7 Å². The second kappa shape index (κ2) is 5.98. The lowest BCUT2D eigenvalue weighted by molar-refractivity contribution is -0.122. The minimum Gasteiger partial charge on any atom is -0.273 e. The molecule has 1 aromatic carbocycles. The number of rotatable bonds is 2. The standard InChI is InChI=1S/C16H11ClN2O3S/c1-9-5-6-12(23-9)8-13-14(20)18-16(22)19(15(13)21)11-4-2-3-10(17)7-11/h2-8H,1H3,(H,18,20,22). The minimum atomic E-state index is -0.790. The van der Waals surface area contributed by atoms with Gasteiger partial charge in [0.1, 0.15) is 5.57 Å². The molecule has 5 nitrogen and oxygen atoms in total. The molecule has 1 fully saturated rings. The van der Waals surface area contributed by atoms with Crippen molar-refractivity contribution >= 4 is 52.5 Å². The zero-order valence-corrected chi connectivity index (χ0v) is 13.6. The first-order valence-corrected chi connectivity index (χ1v) is 7.88. The predicted octanol–water partition coefficient (Wildman–Crippen LogP) is 3.38. The number of amides is 4. The van der Waals surface area contributed by atoms with Crippen molar-refractivity contribution < 1.29 is 14.4 Å². The average molecular weight is 347 g/mol. The van der Waals surface area contributed by atoms with Gasteiger partial charge in [0.25, 0.3) is 11.8 Å². The lowest BCUT2D eigenvalue weighted by Gasteiger charge is -2.26. The Morgan fingerprint density at radius 1 is 1.17 bits per heavy atom. The Balaban J connectivity index is 2.02. The monoisotopic (exact) mass is 346 g/mol. The van der Waals surface area contributed by atoms with E-state index in [9.17, 15) is 14.4 Å². The predicted molar refractivity (Wildman–Crippen MR) is 89.5 cm³/mol. The average Bonchev–Trinajstić information content (AvgIpc) is 2.89. The number of thiophene rings is 1. The van der Waals surface area contributed by atoms with Crippen LogP contribution in [0.1, 0.15) is 9.75 Å². The highest BCUT2D eigenvalue weighted by Gasteiger charge is 2.36. The molecule has 2 heterocycles. The Kier molecular flexibility index (Phi) is 4.02. The molecule has 1 aliphatic rings. The molecule has 23 heavy (non-hydrogen) atoms. The lowest BCUT2D eigenvalue weighted by atomic mass is 10.1. The molecule has 1 N–H and O–H groups in total. The van der Waals surface area contributed by atoms with Crippen LogP contribution in [0, 0.1) is 6.92 Å². The molecule has 1 aromatic heterocycles. The van der Waals surface area contributed by atoms with E-state index >= 15 is 0 Å². The van der Waals surface area contributed by atoms with Crippen LogP contribution in [0.4, 0.5) is 10.5 Å². The number of aryl methyl sites for hydroxylation is 1. The summed E-state index contributed by atoms with van der Waals surface area (Å²) in [5.74, 6) is -1.38. The molecular weight excluding hydrogens is 336 g/mol. The largest absolute Gasteiger partial charge is 0.335 e. The summed E-state index contributed by atoms with van der Waals surface area (Å²) in [6.45, 7) is 1.93. The summed E-state index contributed by atoms with van der Waals surface area (Å²) in [5.41, 5.74) is 0.215. The van der Waals surface area contributed by atoms with Gasteiger partial charge in [-0.25, -0.2) is 9.69 Å². The highest BCUT2D eigenvalue weighted by molar-refractivity contribution is 7.12. The third-order valence-electron chi connectivity index (χ3n) is 3.22. The van der Waals surface area contributed by atoms with Crippen LogP contribution in [0.15, 0.2) is 42.0 Å². The summed E-state index contributed by atoms with van der Waals surface area (Å²) in [5, 5.41) is 2.56. The number of nitrogens with one attached hydrogen (secondary N) is 1. The fourth-order valence-corrected chi connectivity index (χ4v) is 3.19. The molecule has 0 unspecified atom stereocenters. The summed E-state index contributed by atoms with van der Waals surface area (Å²) in [7, 11) is 0. The number of nitrogens with zero attached hydrogens (tertiary/aromatic N) is 1. The second-order valence-corrected chi connectivity index (χ2v) is 6.64. The van der Waals surface area contributed by atoms with Crippen LogP contribution in [-0.2, 0) is 9.59 Å². The van der Waals surface area contributed by atoms with Gasteiger partial charge in [0, 0.05) is 14.8 Å². The third kappa shape index (κ3) is 3.04. The lowest BCUT2D eigenvalue weighted by Crippen LogP contribution is -2.54. The highest BCUT2D eigenvalue weighted by atomic mass is 35.5. The van der Waals surface area contributed by atoms with Crippen molar-refractivity contribution in [1.82, 2.24) is 5.32 Å². The number of carbonyl (C=O) groups is 3. The van der Waals surface area contributed by atoms with Crippen molar-refractivity contribution in [1.29, 1.82) is 0 Å². The first kappa shape index (κ1) is 15.5. The first-order valence-electron chi connectivity index (χ1n) is 6.69. The molecular formula is C16H11ClN2O3S. The molecule has 0 aliphatic carbocycles. The molecule has 4 amide bonds. The van der Waals surface area contributed by atoms with E-state index < -0.39 is 17.8 Å². The van der Waals surface area contributed by atoms with E-state index in [1.165, 1.54) is 23.5 Å². The first-order chi connectivity index (χ1) is 11.0. The van der Waals surface area contributed by atoms with Gasteiger partial charge in [-0.05, 0) is 43.3 Å². The smallest absolute Gasteiger partial charge is 0.273 e. The Morgan fingerprint density at radius 3 is 2.61 bits per heavy atom. The van der Waals surface area contributed by atoms with E-state index in [0.717, 1.165) is 14.7 Å². The van der Waals surface area contributed by atoms with Crippen molar-refractivity contribution in [2.24, 2.45) is 0 Å². The Morgan fingerprint density at radius 2 is 1.96 bits per heavy atom. The van der Waals surface area contributed by atoms with Gasteiger partial charge < -0.3 is 0 Å².